The van der Waals surface area contributed by atoms with Crippen LogP contribution in [-0.4, -0.2) is 9.55 Å². The average Bonchev–Trinajstić information content (AvgIpc) is 2.27. The van der Waals surface area contributed by atoms with Crippen LogP contribution in [-0.2, 0) is 7.05 Å². The van der Waals surface area contributed by atoms with Crippen molar-refractivity contribution in [1.82, 2.24) is 9.55 Å². The van der Waals surface area contributed by atoms with Crippen LogP contribution in [0.4, 0.5) is 0 Å². The Hall–Kier alpha value is -2.10. The first-order valence-electron chi connectivity index (χ1n) is 5.37. The quantitative estimate of drug-likeness (QED) is 0.804. The van der Waals surface area contributed by atoms with Crippen LogP contribution in [0.3, 0.4) is 0 Å². The van der Waals surface area contributed by atoms with Crippen molar-refractivity contribution in [2.24, 2.45) is 7.05 Å². The molecule has 0 atom stereocenters. The molecular formula is C13H14N2O2. The minimum absolute atomic E-state index is 0.374. The highest BCUT2D eigenvalue weighted by atomic mass is 16.2. The van der Waals surface area contributed by atoms with E-state index in [9.17, 15) is 9.59 Å². The van der Waals surface area contributed by atoms with Crippen LogP contribution in [0, 0.1) is 13.8 Å². The largest absolute Gasteiger partial charge is 0.328 e. The Morgan fingerprint density at radius 3 is 2.41 bits per heavy atom. The number of aromatic nitrogens is 2. The molecule has 1 heterocycles. The lowest BCUT2D eigenvalue weighted by Gasteiger charge is -2.09. The monoisotopic (exact) mass is 230 g/mol. The van der Waals surface area contributed by atoms with E-state index >= 15 is 0 Å². The maximum Gasteiger partial charge on any atom is 0.328 e. The van der Waals surface area contributed by atoms with Gasteiger partial charge in [0.25, 0.3) is 5.56 Å². The Balaban J connectivity index is 2.72. The summed E-state index contributed by atoms with van der Waals surface area (Å²) in [6, 6.07) is 7.31. The Morgan fingerprint density at radius 1 is 1.06 bits per heavy atom. The molecule has 0 fully saturated rings. The van der Waals surface area contributed by atoms with Gasteiger partial charge in [-0.1, -0.05) is 12.1 Å². The van der Waals surface area contributed by atoms with E-state index in [0.717, 1.165) is 11.1 Å². The van der Waals surface area contributed by atoms with Crippen LogP contribution < -0.4 is 11.2 Å². The number of aromatic amines is 1. The summed E-state index contributed by atoms with van der Waals surface area (Å²) in [6.45, 7) is 4.03. The van der Waals surface area contributed by atoms with Crippen LogP contribution in [0.1, 0.15) is 11.1 Å². The van der Waals surface area contributed by atoms with E-state index in [1.165, 1.54) is 16.2 Å². The lowest BCUT2D eigenvalue weighted by atomic mass is 10.0. The number of aryl methyl sites for hydroxylation is 2. The molecule has 0 saturated heterocycles. The summed E-state index contributed by atoms with van der Waals surface area (Å²) in [5, 5.41) is 0. The normalized spacial score (nSPS) is 10.5. The topological polar surface area (TPSA) is 54.9 Å². The van der Waals surface area contributed by atoms with E-state index < -0.39 is 5.69 Å². The summed E-state index contributed by atoms with van der Waals surface area (Å²) in [5.74, 6) is 0. The Bertz CT molecular complexity index is 681. The van der Waals surface area contributed by atoms with E-state index in [2.05, 4.69) is 4.98 Å². The van der Waals surface area contributed by atoms with Crippen LogP contribution >= 0.6 is 0 Å². The third-order valence-corrected chi connectivity index (χ3v) is 2.97. The third kappa shape index (κ3) is 2.06. The molecule has 0 spiro atoms. The van der Waals surface area contributed by atoms with Gasteiger partial charge in [-0.25, -0.2) is 4.79 Å². The fraction of sp³-hybridized carbons (Fsp3) is 0.231. The molecule has 0 amide bonds. The molecule has 4 heteroatoms. The lowest BCUT2D eigenvalue weighted by Crippen LogP contribution is -2.28. The number of hydrogen-bond donors (Lipinski definition) is 1. The Labute approximate surface area is 98.6 Å². The van der Waals surface area contributed by atoms with E-state index in [0.29, 0.717) is 5.69 Å². The molecule has 0 radical (unpaired) electrons. The molecule has 0 unspecified atom stereocenters. The Kier molecular flexibility index (Phi) is 2.71. The predicted molar refractivity (Wildman–Crippen MR) is 67.2 cm³/mol. The van der Waals surface area contributed by atoms with Crippen molar-refractivity contribution in [2.45, 2.75) is 13.8 Å². The van der Waals surface area contributed by atoms with Crippen molar-refractivity contribution >= 4 is 0 Å². The van der Waals surface area contributed by atoms with Crippen molar-refractivity contribution in [3.8, 4) is 11.3 Å². The maximum absolute atomic E-state index is 11.5. The van der Waals surface area contributed by atoms with Gasteiger partial charge in [0.05, 0.1) is 5.69 Å². The van der Waals surface area contributed by atoms with E-state index in [1.54, 1.807) is 7.05 Å². The van der Waals surface area contributed by atoms with Gasteiger partial charge in [-0.05, 0) is 36.6 Å². The van der Waals surface area contributed by atoms with Crippen molar-refractivity contribution in [2.75, 3.05) is 0 Å². The predicted octanol–water partition coefficient (Wildman–Crippen LogP) is 1.36. The SMILES string of the molecule is Cc1ccc(-c2cc(=O)[nH]c(=O)n2C)cc1C. The van der Waals surface area contributed by atoms with Crippen LogP contribution in [0.25, 0.3) is 11.3 Å². The minimum Gasteiger partial charge on any atom is -0.296 e. The summed E-state index contributed by atoms with van der Waals surface area (Å²) in [5.41, 5.74) is 3.05. The summed E-state index contributed by atoms with van der Waals surface area (Å²) >= 11 is 0. The van der Waals surface area contributed by atoms with E-state index in [-0.39, 0.29) is 5.56 Å². The average molecular weight is 230 g/mol. The zero-order valence-corrected chi connectivity index (χ0v) is 10.1. The van der Waals surface area contributed by atoms with E-state index in [4.69, 9.17) is 0 Å². The smallest absolute Gasteiger partial charge is 0.296 e. The fourth-order valence-corrected chi connectivity index (χ4v) is 1.73. The molecule has 2 aromatic rings. The summed E-state index contributed by atoms with van der Waals surface area (Å²) in [7, 11) is 1.64. The van der Waals surface area contributed by atoms with E-state index in [1.807, 2.05) is 32.0 Å². The minimum atomic E-state index is -0.397. The molecular weight excluding hydrogens is 216 g/mol. The number of rotatable bonds is 1. The first-order valence-corrected chi connectivity index (χ1v) is 5.37. The second-order valence-electron chi connectivity index (χ2n) is 4.18. The summed E-state index contributed by atoms with van der Waals surface area (Å²) in [6.07, 6.45) is 0. The molecule has 1 N–H and O–H groups in total. The van der Waals surface area contributed by atoms with Gasteiger partial charge in [-0.2, -0.15) is 0 Å². The first kappa shape index (κ1) is 11.4. The van der Waals surface area contributed by atoms with Crippen molar-refractivity contribution in [1.29, 1.82) is 0 Å². The molecule has 2 rings (SSSR count). The standard InChI is InChI=1S/C13H14N2O2/c1-8-4-5-10(6-9(8)2)11-7-12(16)14-13(17)15(11)3/h4-7H,1-3H3,(H,14,16,17). The van der Waals surface area contributed by atoms with Gasteiger partial charge in [0.2, 0.25) is 0 Å². The molecule has 0 aliphatic rings. The number of nitrogens with one attached hydrogen (secondary N) is 1. The van der Waals surface area contributed by atoms with Gasteiger partial charge in [0.15, 0.2) is 0 Å². The van der Waals surface area contributed by atoms with Crippen LogP contribution in [0.2, 0.25) is 0 Å². The highest BCUT2D eigenvalue weighted by molar-refractivity contribution is 5.60. The van der Waals surface area contributed by atoms with Gasteiger partial charge in [-0.15, -0.1) is 0 Å². The first-order chi connectivity index (χ1) is 7.99. The molecule has 0 saturated carbocycles. The van der Waals surface area contributed by atoms with Crippen LogP contribution in [0.5, 0.6) is 0 Å². The zero-order chi connectivity index (χ0) is 12.6. The van der Waals surface area contributed by atoms with Gasteiger partial charge in [0.1, 0.15) is 0 Å². The third-order valence-electron chi connectivity index (χ3n) is 2.97. The molecule has 17 heavy (non-hydrogen) atoms. The maximum atomic E-state index is 11.5. The van der Waals surface area contributed by atoms with Gasteiger partial charge in [-0.3, -0.25) is 14.3 Å². The zero-order valence-electron chi connectivity index (χ0n) is 10.1. The van der Waals surface area contributed by atoms with Crippen molar-refractivity contribution < 1.29 is 0 Å². The van der Waals surface area contributed by atoms with Gasteiger partial charge in [0, 0.05) is 13.1 Å². The molecule has 0 bridgehead atoms. The highest BCUT2D eigenvalue weighted by Gasteiger charge is 2.05. The second-order valence-corrected chi connectivity index (χ2v) is 4.18. The second kappa shape index (κ2) is 4.05. The van der Waals surface area contributed by atoms with Gasteiger partial charge < -0.3 is 0 Å². The molecule has 0 aliphatic carbocycles. The highest BCUT2D eigenvalue weighted by Crippen LogP contribution is 2.19. The van der Waals surface area contributed by atoms with Crippen LogP contribution in [0.15, 0.2) is 33.9 Å². The van der Waals surface area contributed by atoms with Crippen molar-refractivity contribution in [3.05, 3.63) is 56.2 Å². The summed E-state index contributed by atoms with van der Waals surface area (Å²) < 4.78 is 1.44. The molecule has 0 aliphatic heterocycles. The number of benzene rings is 1. The summed E-state index contributed by atoms with van der Waals surface area (Å²) in [4.78, 5) is 25.0. The number of hydrogen-bond acceptors (Lipinski definition) is 2. The molecule has 1 aromatic heterocycles. The molecule has 88 valence electrons. The molecule has 1 aromatic carbocycles. The Morgan fingerprint density at radius 2 is 1.76 bits per heavy atom. The number of nitrogens with zero attached hydrogens (tertiary/aromatic N) is 1. The lowest BCUT2D eigenvalue weighted by molar-refractivity contribution is 0.809. The molecule has 4 nitrogen and oxygen atoms in total. The van der Waals surface area contributed by atoms with Crippen molar-refractivity contribution in [3.63, 3.8) is 0 Å². The fourth-order valence-electron chi connectivity index (χ4n) is 1.73. The van der Waals surface area contributed by atoms with Gasteiger partial charge >= 0.3 is 5.69 Å². The number of H-pyrrole nitrogens is 1.